The Kier molecular flexibility index (Phi) is 3.71. The average molecular weight is 297 g/mol. The van der Waals surface area contributed by atoms with Gasteiger partial charge in [0, 0.05) is 7.05 Å². The quantitative estimate of drug-likeness (QED) is 0.802. The first kappa shape index (κ1) is 15.7. The van der Waals surface area contributed by atoms with Crippen LogP contribution in [0.2, 0.25) is 0 Å². The zero-order chi connectivity index (χ0) is 16.0. The number of carbonyl (C=O) groups excluding carboxylic acids is 1. The number of likely N-dealkylation sites (tertiary alicyclic amines) is 1. The standard InChI is InChI=1S/C13H23N5O3/c1-8-15-16-10(17(8)5)9(14)13(20)6-18(7-13)11(19)21-12(2,3)4/h9,20H,6-7,14H2,1-5H3. The fraction of sp³-hybridized carbons (Fsp3) is 0.769. The number of β-amino-alcohol motifs (C(OH)–C–C–N with tert-alkyl or cyclic N) is 1. The highest BCUT2D eigenvalue weighted by atomic mass is 16.6. The van der Waals surface area contributed by atoms with Crippen molar-refractivity contribution in [3.05, 3.63) is 11.6 Å². The van der Waals surface area contributed by atoms with E-state index < -0.39 is 23.3 Å². The molecule has 8 nitrogen and oxygen atoms in total. The Morgan fingerprint density at radius 1 is 1.43 bits per heavy atom. The molecule has 1 aromatic heterocycles. The van der Waals surface area contributed by atoms with Crippen molar-refractivity contribution < 1.29 is 14.6 Å². The Morgan fingerprint density at radius 2 is 2.00 bits per heavy atom. The van der Waals surface area contributed by atoms with Crippen molar-refractivity contribution >= 4 is 6.09 Å². The summed E-state index contributed by atoms with van der Waals surface area (Å²) in [5.41, 5.74) is 4.32. The van der Waals surface area contributed by atoms with E-state index in [1.54, 1.807) is 39.3 Å². The predicted octanol–water partition coefficient (Wildman–Crippen LogP) is 0.105. The monoisotopic (exact) mass is 297 g/mol. The first-order chi connectivity index (χ1) is 9.53. The van der Waals surface area contributed by atoms with Gasteiger partial charge in [-0.25, -0.2) is 4.79 Å². The largest absolute Gasteiger partial charge is 0.444 e. The van der Waals surface area contributed by atoms with Crippen LogP contribution in [0.3, 0.4) is 0 Å². The molecule has 0 radical (unpaired) electrons. The number of amides is 1. The second-order valence-corrected chi connectivity index (χ2v) is 6.58. The van der Waals surface area contributed by atoms with Gasteiger partial charge in [-0.15, -0.1) is 10.2 Å². The first-order valence-corrected chi connectivity index (χ1v) is 6.85. The van der Waals surface area contributed by atoms with Crippen molar-refractivity contribution in [2.24, 2.45) is 12.8 Å². The molecule has 118 valence electrons. The number of aliphatic hydroxyl groups is 1. The van der Waals surface area contributed by atoms with Crippen molar-refractivity contribution in [2.75, 3.05) is 13.1 Å². The number of hydrogen-bond acceptors (Lipinski definition) is 6. The van der Waals surface area contributed by atoms with E-state index in [1.807, 2.05) is 0 Å². The SMILES string of the molecule is Cc1nnc(C(N)C2(O)CN(C(=O)OC(C)(C)C)C2)n1C. The molecule has 0 bridgehead atoms. The van der Waals surface area contributed by atoms with Crippen LogP contribution < -0.4 is 5.73 Å². The molecule has 0 aromatic carbocycles. The highest BCUT2D eigenvalue weighted by Gasteiger charge is 2.51. The number of aryl methyl sites for hydroxylation is 1. The van der Waals surface area contributed by atoms with Crippen molar-refractivity contribution in [1.29, 1.82) is 0 Å². The third kappa shape index (κ3) is 3.01. The van der Waals surface area contributed by atoms with E-state index in [0.717, 1.165) is 0 Å². The minimum atomic E-state index is -1.20. The average Bonchev–Trinajstić information content (AvgIpc) is 2.63. The van der Waals surface area contributed by atoms with Crippen LogP contribution in [0.1, 0.15) is 38.5 Å². The maximum atomic E-state index is 11.9. The lowest BCUT2D eigenvalue weighted by Crippen LogP contribution is -2.68. The smallest absolute Gasteiger partial charge is 0.410 e. The van der Waals surface area contributed by atoms with Gasteiger partial charge in [0.1, 0.15) is 17.0 Å². The summed E-state index contributed by atoms with van der Waals surface area (Å²) in [6.07, 6.45) is -0.450. The minimum absolute atomic E-state index is 0.120. The molecule has 0 aliphatic carbocycles. The van der Waals surface area contributed by atoms with Gasteiger partial charge < -0.3 is 25.0 Å². The molecule has 2 heterocycles. The number of ether oxygens (including phenoxy) is 1. The number of aromatic nitrogens is 3. The summed E-state index contributed by atoms with van der Waals surface area (Å²) in [7, 11) is 1.79. The maximum absolute atomic E-state index is 11.9. The molecular formula is C13H23N5O3. The van der Waals surface area contributed by atoms with Gasteiger partial charge in [0.2, 0.25) is 0 Å². The normalized spacial score (nSPS) is 19.1. The summed E-state index contributed by atoms with van der Waals surface area (Å²) < 4.78 is 6.99. The summed E-state index contributed by atoms with van der Waals surface area (Å²) in [6, 6.07) is -0.706. The predicted molar refractivity (Wildman–Crippen MR) is 75.4 cm³/mol. The second kappa shape index (κ2) is 4.96. The molecule has 1 unspecified atom stereocenters. The van der Waals surface area contributed by atoms with Crippen molar-refractivity contribution in [1.82, 2.24) is 19.7 Å². The highest BCUT2D eigenvalue weighted by Crippen LogP contribution is 2.32. The number of nitrogens with zero attached hydrogens (tertiary/aromatic N) is 4. The lowest BCUT2D eigenvalue weighted by Gasteiger charge is -2.48. The van der Waals surface area contributed by atoms with Gasteiger partial charge >= 0.3 is 6.09 Å². The van der Waals surface area contributed by atoms with Crippen molar-refractivity contribution in [2.45, 2.75) is 44.9 Å². The van der Waals surface area contributed by atoms with Crippen LogP contribution in [0.15, 0.2) is 0 Å². The zero-order valence-electron chi connectivity index (χ0n) is 13.1. The lowest BCUT2D eigenvalue weighted by atomic mass is 9.86. The molecule has 0 saturated carbocycles. The molecule has 1 atom stereocenters. The third-order valence-corrected chi connectivity index (χ3v) is 3.56. The van der Waals surface area contributed by atoms with Gasteiger partial charge in [0.25, 0.3) is 0 Å². The van der Waals surface area contributed by atoms with Crippen molar-refractivity contribution in [3.63, 3.8) is 0 Å². The molecule has 2 rings (SSSR count). The van der Waals surface area contributed by atoms with Gasteiger partial charge in [0.15, 0.2) is 5.82 Å². The van der Waals surface area contributed by atoms with E-state index in [4.69, 9.17) is 10.5 Å². The Balaban J connectivity index is 2.01. The van der Waals surface area contributed by atoms with Gasteiger partial charge in [0.05, 0.1) is 19.1 Å². The molecule has 1 aromatic rings. The molecule has 0 spiro atoms. The lowest BCUT2D eigenvalue weighted by molar-refractivity contribution is -0.114. The number of nitrogens with two attached hydrogens (primary N) is 1. The highest BCUT2D eigenvalue weighted by molar-refractivity contribution is 5.69. The molecular weight excluding hydrogens is 274 g/mol. The van der Waals surface area contributed by atoms with Gasteiger partial charge in [-0.1, -0.05) is 0 Å². The number of carbonyl (C=O) groups is 1. The number of hydrogen-bond donors (Lipinski definition) is 2. The summed E-state index contributed by atoms with van der Waals surface area (Å²) in [5, 5.41) is 18.4. The molecule has 21 heavy (non-hydrogen) atoms. The van der Waals surface area contributed by atoms with E-state index >= 15 is 0 Å². The molecule has 1 fully saturated rings. The Bertz CT molecular complexity index is 542. The molecule has 1 aliphatic rings. The van der Waals surface area contributed by atoms with E-state index in [2.05, 4.69) is 10.2 Å². The first-order valence-electron chi connectivity index (χ1n) is 6.85. The summed E-state index contributed by atoms with van der Waals surface area (Å²) in [4.78, 5) is 13.3. The van der Waals surface area contributed by atoms with Gasteiger partial charge in [-0.2, -0.15) is 0 Å². The Labute approximate surface area is 123 Å². The fourth-order valence-corrected chi connectivity index (χ4v) is 2.20. The Morgan fingerprint density at radius 3 is 2.43 bits per heavy atom. The number of rotatable bonds is 2. The van der Waals surface area contributed by atoms with Crippen LogP contribution in [-0.2, 0) is 11.8 Å². The van der Waals surface area contributed by atoms with Crippen LogP contribution in [0.4, 0.5) is 4.79 Å². The van der Waals surface area contributed by atoms with Gasteiger partial charge in [-0.05, 0) is 27.7 Å². The third-order valence-electron chi connectivity index (χ3n) is 3.56. The van der Waals surface area contributed by atoms with Crippen LogP contribution in [0.5, 0.6) is 0 Å². The van der Waals surface area contributed by atoms with Crippen molar-refractivity contribution in [3.8, 4) is 0 Å². The zero-order valence-corrected chi connectivity index (χ0v) is 13.1. The summed E-state index contributed by atoms with van der Waals surface area (Å²) in [6.45, 7) is 7.44. The maximum Gasteiger partial charge on any atom is 0.410 e. The van der Waals surface area contributed by atoms with E-state index in [9.17, 15) is 9.90 Å². The molecule has 1 amide bonds. The molecule has 1 saturated heterocycles. The van der Waals surface area contributed by atoms with Gasteiger partial charge in [-0.3, -0.25) is 0 Å². The van der Waals surface area contributed by atoms with E-state index in [1.165, 1.54) is 4.90 Å². The van der Waals surface area contributed by atoms with E-state index in [-0.39, 0.29) is 13.1 Å². The molecule has 1 aliphatic heterocycles. The van der Waals surface area contributed by atoms with E-state index in [0.29, 0.717) is 11.6 Å². The molecule has 3 N–H and O–H groups in total. The topological polar surface area (TPSA) is 106 Å². The van der Waals surface area contributed by atoms with Crippen LogP contribution >= 0.6 is 0 Å². The van der Waals surface area contributed by atoms with Crippen LogP contribution in [-0.4, -0.2) is 55.2 Å². The second-order valence-electron chi connectivity index (χ2n) is 6.58. The fourth-order valence-electron chi connectivity index (χ4n) is 2.20. The van der Waals surface area contributed by atoms with Crippen LogP contribution in [0, 0.1) is 6.92 Å². The summed E-state index contributed by atoms with van der Waals surface area (Å²) >= 11 is 0. The molecule has 8 heteroatoms. The summed E-state index contributed by atoms with van der Waals surface area (Å²) in [5.74, 6) is 1.21. The Hall–Kier alpha value is -1.67. The minimum Gasteiger partial charge on any atom is -0.444 e. The van der Waals surface area contributed by atoms with Crippen LogP contribution in [0.25, 0.3) is 0 Å².